The highest BCUT2D eigenvalue weighted by molar-refractivity contribution is 8.00. The topological polar surface area (TPSA) is 54.7 Å². The van der Waals surface area contributed by atoms with Crippen LogP contribution >= 0.6 is 11.8 Å². The molecule has 5 nitrogen and oxygen atoms in total. The highest BCUT2D eigenvalue weighted by Crippen LogP contribution is 2.38. The first-order valence-corrected chi connectivity index (χ1v) is 8.53. The Morgan fingerprint density at radius 1 is 1.39 bits per heavy atom. The SMILES string of the molecule is COc1cc(CCN2C(=O)CSC2c2cccn2C)ccc1O. The van der Waals surface area contributed by atoms with Gasteiger partial charge < -0.3 is 19.3 Å². The summed E-state index contributed by atoms with van der Waals surface area (Å²) >= 11 is 1.67. The maximum atomic E-state index is 12.2. The number of phenolic OH excluding ortho intramolecular Hbond substituents is 1. The molecule has 1 atom stereocenters. The van der Waals surface area contributed by atoms with Crippen molar-refractivity contribution in [3.05, 3.63) is 47.8 Å². The molecule has 0 aliphatic carbocycles. The minimum Gasteiger partial charge on any atom is -0.504 e. The Morgan fingerprint density at radius 3 is 2.91 bits per heavy atom. The zero-order valence-electron chi connectivity index (χ0n) is 13.2. The van der Waals surface area contributed by atoms with Gasteiger partial charge in [0.25, 0.3) is 0 Å². The standard InChI is InChI=1S/C17H20N2O3S/c1-18-8-3-4-13(18)17-19(16(21)11-23-17)9-7-12-5-6-14(20)15(10-12)22-2/h3-6,8,10,17,20H,7,9,11H2,1-2H3. The summed E-state index contributed by atoms with van der Waals surface area (Å²) in [4.78, 5) is 14.2. The summed E-state index contributed by atoms with van der Waals surface area (Å²) in [5.74, 6) is 1.29. The molecule has 0 bridgehead atoms. The second-order valence-electron chi connectivity index (χ2n) is 5.55. The number of methoxy groups -OCH3 is 1. The van der Waals surface area contributed by atoms with Crippen LogP contribution in [0.2, 0.25) is 0 Å². The van der Waals surface area contributed by atoms with E-state index in [4.69, 9.17) is 4.74 Å². The number of ether oxygens (including phenoxy) is 1. The lowest BCUT2D eigenvalue weighted by Gasteiger charge is -2.24. The molecule has 1 amide bonds. The molecule has 0 spiro atoms. The summed E-state index contributed by atoms with van der Waals surface area (Å²) in [6, 6.07) is 9.38. The first-order chi connectivity index (χ1) is 11.1. The van der Waals surface area contributed by atoms with Gasteiger partial charge in [-0.3, -0.25) is 4.79 Å². The van der Waals surface area contributed by atoms with Crippen molar-refractivity contribution in [1.29, 1.82) is 0 Å². The van der Waals surface area contributed by atoms with Gasteiger partial charge in [0.05, 0.1) is 18.6 Å². The van der Waals surface area contributed by atoms with E-state index in [1.165, 1.54) is 7.11 Å². The van der Waals surface area contributed by atoms with Crippen LogP contribution in [0.3, 0.4) is 0 Å². The van der Waals surface area contributed by atoms with E-state index in [0.717, 1.165) is 17.7 Å². The van der Waals surface area contributed by atoms with Crippen LogP contribution in [0, 0.1) is 0 Å². The molecule has 1 aromatic carbocycles. The molecule has 1 aromatic heterocycles. The highest BCUT2D eigenvalue weighted by atomic mass is 32.2. The number of carbonyl (C=O) groups is 1. The normalized spacial score (nSPS) is 17.7. The Hall–Kier alpha value is -2.08. The molecule has 1 fully saturated rings. The molecule has 6 heteroatoms. The van der Waals surface area contributed by atoms with Crippen LogP contribution in [-0.2, 0) is 18.3 Å². The van der Waals surface area contributed by atoms with Crippen LogP contribution in [0.5, 0.6) is 11.5 Å². The van der Waals surface area contributed by atoms with Crippen molar-refractivity contribution in [2.24, 2.45) is 7.05 Å². The Balaban J connectivity index is 1.73. The fourth-order valence-corrected chi connectivity index (χ4v) is 4.08. The average Bonchev–Trinajstić information content (AvgIpc) is 3.12. The first kappa shape index (κ1) is 15.8. The predicted octanol–water partition coefficient (Wildman–Crippen LogP) is 2.56. The predicted molar refractivity (Wildman–Crippen MR) is 90.7 cm³/mol. The number of benzene rings is 1. The molecule has 0 radical (unpaired) electrons. The summed E-state index contributed by atoms with van der Waals surface area (Å²) in [6.45, 7) is 0.648. The Kier molecular flexibility index (Phi) is 4.52. The zero-order valence-corrected chi connectivity index (χ0v) is 14.0. The summed E-state index contributed by atoms with van der Waals surface area (Å²) in [5, 5.41) is 9.73. The van der Waals surface area contributed by atoms with Gasteiger partial charge in [-0.1, -0.05) is 6.07 Å². The maximum absolute atomic E-state index is 12.2. The second kappa shape index (κ2) is 6.58. The van der Waals surface area contributed by atoms with E-state index < -0.39 is 0 Å². The van der Waals surface area contributed by atoms with Crippen molar-refractivity contribution in [2.45, 2.75) is 11.8 Å². The third-order valence-electron chi connectivity index (χ3n) is 4.09. The Bertz CT molecular complexity index is 714. The van der Waals surface area contributed by atoms with E-state index >= 15 is 0 Å². The number of hydrogen-bond acceptors (Lipinski definition) is 4. The lowest BCUT2D eigenvalue weighted by atomic mass is 10.1. The van der Waals surface area contributed by atoms with Crippen LogP contribution in [0.15, 0.2) is 36.5 Å². The lowest BCUT2D eigenvalue weighted by Crippen LogP contribution is -2.31. The molecular weight excluding hydrogens is 312 g/mol. The van der Waals surface area contributed by atoms with Gasteiger partial charge in [0, 0.05) is 19.8 Å². The molecule has 1 saturated heterocycles. The molecule has 1 aliphatic heterocycles. The third kappa shape index (κ3) is 3.17. The summed E-state index contributed by atoms with van der Waals surface area (Å²) < 4.78 is 7.20. The van der Waals surface area contributed by atoms with Crippen molar-refractivity contribution in [3.63, 3.8) is 0 Å². The highest BCUT2D eigenvalue weighted by Gasteiger charge is 2.33. The second-order valence-corrected chi connectivity index (χ2v) is 6.62. The van der Waals surface area contributed by atoms with Crippen molar-refractivity contribution in [1.82, 2.24) is 9.47 Å². The molecule has 3 rings (SSSR count). The fraction of sp³-hybridized carbons (Fsp3) is 0.353. The number of thioether (sulfide) groups is 1. The van der Waals surface area contributed by atoms with E-state index in [0.29, 0.717) is 18.0 Å². The summed E-state index contributed by atoms with van der Waals surface area (Å²) in [7, 11) is 3.53. The van der Waals surface area contributed by atoms with E-state index in [1.54, 1.807) is 17.8 Å². The molecule has 122 valence electrons. The van der Waals surface area contributed by atoms with Crippen LogP contribution in [0.1, 0.15) is 16.6 Å². The average molecular weight is 332 g/mol. The van der Waals surface area contributed by atoms with Crippen LogP contribution in [-0.4, -0.2) is 39.9 Å². The van der Waals surface area contributed by atoms with Gasteiger partial charge in [-0.05, 0) is 36.2 Å². The van der Waals surface area contributed by atoms with Gasteiger partial charge in [0.15, 0.2) is 11.5 Å². The van der Waals surface area contributed by atoms with E-state index in [-0.39, 0.29) is 17.0 Å². The first-order valence-electron chi connectivity index (χ1n) is 7.48. The van der Waals surface area contributed by atoms with Crippen LogP contribution < -0.4 is 4.74 Å². The number of aryl methyl sites for hydroxylation is 1. The number of hydrogen-bond donors (Lipinski definition) is 1. The Labute approximate surface area is 139 Å². The molecule has 2 heterocycles. The number of aromatic nitrogens is 1. The summed E-state index contributed by atoms with van der Waals surface area (Å²) in [5.41, 5.74) is 2.18. The Morgan fingerprint density at radius 2 is 2.22 bits per heavy atom. The molecule has 2 aromatic rings. The maximum Gasteiger partial charge on any atom is 0.233 e. The number of amides is 1. The van der Waals surface area contributed by atoms with E-state index in [2.05, 4.69) is 10.6 Å². The van der Waals surface area contributed by atoms with Crippen molar-refractivity contribution >= 4 is 17.7 Å². The zero-order chi connectivity index (χ0) is 16.4. The molecule has 1 aliphatic rings. The van der Waals surface area contributed by atoms with Gasteiger partial charge in [-0.15, -0.1) is 11.8 Å². The fourth-order valence-electron chi connectivity index (χ4n) is 2.80. The third-order valence-corrected chi connectivity index (χ3v) is 5.32. The lowest BCUT2D eigenvalue weighted by molar-refractivity contribution is -0.128. The van der Waals surface area contributed by atoms with Crippen molar-refractivity contribution in [3.8, 4) is 11.5 Å². The number of aromatic hydroxyl groups is 1. The molecule has 1 unspecified atom stereocenters. The van der Waals surface area contributed by atoms with Gasteiger partial charge in [0.1, 0.15) is 5.37 Å². The molecular formula is C17H20N2O3S. The van der Waals surface area contributed by atoms with E-state index in [9.17, 15) is 9.90 Å². The van der Waals surface area contributed by atoms with Gasteiger partial charge in [-0.25, -0.2) is 0 Å². The largest absolute Gasteiger partial charge is 0.504 e. The number of nitrogens with zero attached hydrogens (tertiary/aromatic N) is 2. The minimum atomic E-state index is 0.0708. The van der Waals surface area contributed by atoms with Crippen molar-refractivity contribution < 1.29 is 14.6 Å². The number of carbonyl (C=O) groups excluding carboxylic acids is 1. The van der Waals surface area contributed by atoms with Crippen molar-refractivity contribution in [2.75, 3.05) is 19.4 Å². The van der Waals surface area contributed by atoms with Crippen LogP contribution in [0.25, 0.3) is 0 Å². The van der Waals surface area contributed by atoms with Gasteiger partial charge in [-0.2, -0.15) is 0 Å². The molecule has 1 N–H and O–H groups in total. The quantitative estimate of drug-likeness (QED) is 0.914. The molecule has 0 saturated carbocycles. The van der Waals surface area contributed by atoms with E-state index in [1.807, 2.05) is 36.3 Å². The molecule has 23 heavy (non-hydrogen) atoms. The van der Waals surface area contributed by atoms with Crippen LogP contribution in [0.4, 0.5) is 0 Å². The number of phenols is 1. The minimum absolute atomic E-state index is 0.0708. The monoisotopic (exact) mass is 332 g/mol. The van der Waals surface area contributed by atoms with Gasteiger partial charge in [0.2, 0.25) is 5.91 Å². The number of rotatable bonds is 5. The smallest absolute Gasteiger partial charge is 0.233 e. The van der Waals surface area contributed by atoms with Gasteiger partial charge >= 0.3 is 0 Å². The summed E-state index contributed by atoms with van der Waals surface area (Å²) in [6.07, 6.45) is 2.73.